The van der Waals surface area contributed by atoms with Crippen LogP contribution in [0.5, 0.6) is 11.5 Å². The van der Waals surface area contributed by atoms with Gasteiger partial charge in [-0.1, -0.05) is 6.07 Å². The number of methoxy groups -OCH3 is 3. The molecule has 0 aliphatic carbocycles. The Morgan fingerprint density at radius 3 is 2.27 bits per heavy atom. The summed E-state index contributed by atoms with van der Waals surface area (Å²) in [5, 5.41) is 12.8. The van der Waals surface area contributed by atoms with Gasteiger partial charge in [-0.2, -0.15) is 0 Å². The zero-order valence-electron chi connectivity index (χ0n) is 14.4. The van der Waals surface area contributed by atoms with Crippen molar-refractivity contribution < 1.29 is 28.9 Å². The molecule has 0 unspecified atom stereocenters. The molecule has 0 spiro atoms. The average Bonchev–Trinajstić information content (AvgIpc) is 3.18. The highest BCUT2D eigenvalue weighted by molar-refractivity contribution is 7.13. The third-order valence-corrected chi connectivity index (χ3v) is 4.92. The summed E-state index contributed by atoms with van der Waals surface area (Å²) >= 11 is 1.40. The summed E-state index contributed by atoms with van der Waals surface area (Å²) in [5.74, 6) is -0.960. The van der Waals surface area contributed by atoms with Crippen LogP contribution in [0, 0.1) is 0 Å². The van der Waals surface area contributed by atoms with E-state index in [0.29, 0.717) is 27.8 Å². The Bertz CT molecular complexity index is 991. The maximum absolute atomic E-state index is 12.4. The highest BCUT2D eigenvalue weighted by Gasteiger charge is 2.26. The van der Waals surface area contributed by atoms with E-state index >= 15 is 0 Å². The lowest BCUT2D eigenvalue weighted by atomic mass is 9.92. The zero-order chi connectivity index (χ0) is 18.8. The van der Waals surface area contributed by atoms with E-state index in [1.54, 1.807) is 12.1 Å². The number of carbonyl (C=O) groups excluding carboxylic acids is 1. The quantitative estimate of drug-likeness (QED) is 0.680. The van der Waals surface area contributed by atoms with Gasteiger partial charge in [0.1, 0.15) is 0 Å². The van der Waals surface area contributed by atoms with Crippen LogP contribution in [-0.2, 0) is 4.74 Å². The van der Waals surface area contributed by atoms with Gasteiger partial charge in [0.2, 0.25) is 0 Å². The van der Waals surface area contributed by atoms with Gasteiger partial charge in [0.05, 0.1) is 32.5 Å². The van der Waals surface area contributed by atoms with Gasteiger partial charge in [-0.05, 0) is 40.4 Å². The fourth-order valence-corrected chi connectivity index (χ4v) is 3.68. The Morgan fingerprint density at radius 2 is 1.73 bits per heavy atom. The summed E-state index contributed by atoms with van der Waals surface area (Å²) in [5.41, 5.74) is 0.393. The number of fused-ring (bicyclic) bond motifs is 1. The molecule has 134 valence electrons. The zero-order valence-corrected chi connectivity index (χ0v) is 15.2. The first-order chi connectivity index (χ1) is 12.5. The van der Waals surface area contributed by atoms with Crippen LogP contribution in [0.4, 0.5) is 0 Å². The lowest BCUT2D eigenvalue weighted by molar-refractivity contribution is 0.0584. The van der Waals surface area contributed by atoms with Crippen LogP contribution in [-0.4, -0.2) is 38.4 Å². The molecule has 0 aliphatic heterocycles. The molecule has 0 saturated heterocycles. The van der Waals surface area contributed by atoms with Gasteiger partial charge in [-0.3, -0.25) is 0 Å². The molecule has 0 atom stereocenters. The number of ether oxygens (including phenoxy) is 3. The van der Waals surface area contributed by atoms with E-state index in [-0.39, 0.29) is 11.1 Å². The molecule has 1 N–H and O–H groups in total. The Balaban J connectivity index is 2.53. The van der Waals surface area contributed by atoms with Crippen molar-refractivity contribution >= 4 is 34.0 Å². The van der Waals surface area contributed by atoms with Crippen molar-refractivity contribution in [3.63, 3.8) is 0 Å². The van der Waals surface area contributed by atoms with E-state index in [2.05, 4.69) is 0 Å². The molecule has 7 heteroatoms. The number of aromatic carboxylic acids is 1. The smallest absolute Gasteiger partial charge is 0.339 e. The first kappa shape index (κ1) is 17.8. The summed E-state index contributed by atoms with van der Waals surface area (Å²) in [6.45, 7) is 0. The standard InChI is InChI=1S/C19H16O6S/c1-23-13-8-10-7-12(18(20)21)17(19(22)25-3)16(15-5-4-6-26-15)11(10)9-14(13)24-2/h4-9H,1-3H3,(H,20,21). The molecule has 0 amide bonds. The fourth-order valence-electron chi connectivity index (χ4n) is 2.89. The van der Waals surface area contributed by atoms with Gasteiger partial charge in [0.15, 0.2) is 11.5 Å². The second kappa shape index (κ2) is 7.05. The molecule has 26 heavy (non-hydrogen) atoms. The van der Waals surface area contributed by atoms with Crippen molar-refractivity contribution in [2.75, 3.05) is 21.3 Å². The van der Waals surface area contributed by atoms with Crippen molar-refractivity contribution in [3.05, 3.63) is 46.8 Å². The van der Waals surface area contributed by atoms with Crippen LogP contribution >= 0.6 is 11.3 Å². The number of benzene rings is 2. The number of rotatable bonds is 5. The molecule has 3 rings (SSSR count). The number of hydrogen-bond acceptors (Lipinski definition) is 6. The van der Waals surface area contributed by atoms with E-state index < -0.39 is 11.9 Å². The van der Waals surface area contributed by atoms with E-state index in [1.807, 2.05) is 17.5 Å². The molecule has 0 saturated carbocycles. The third kappa shape index (κ3) is 2.86. The number of esters is 1. The molecule has 1 heterocycles. The van der Waals surface area contributed by atoms with Gasteiger partial charge < -0.3 is 19.3 Å². The van der Waals surface area contributed by atoms with Gasteiger partial charge in [0, 0.05) is 10.4 Å². The van der Waals surface area contributed by atoms with Crippen LogP contribution in [0.15, 0.2) is 35.7 Å². The highest BCUT2D eigenvalue weighted by atomic mass is 32.1. The number of carboxylic acids is 1. The maximum atomic E-state index is 12.4. The van der Waals surface area contributed by atoms with E-state index in [1.165, 1.54) is 38.7 Å². The van der Waals surface area contributed by atoms with Crippen LogP contribution in [0.2, 0.25) is 0 Å². The minimum absolute atomic E-state index is 0.0159. The second-order valence-corrected chi connectivity index (χ2v) is 6.32. The van der Waals surface area contributed by atoms with E-state index in [0.717, 1.165) is 4.88 Å². The molecular weight excluding hydrogens is 356 g/mol. The molecule has 2 aromatic carbocycles. The summed E-state index contributed by atoms with van der Waals surface area (Å²) in [6, 6.07) is 8.54. The van der Waals surface area contributed by atoms with Crippen molar-refractivity contribution in [1.82, 2.24) is 0 Å². The fraction of sp³-hybridized carbons (Fsp3) is 0.158. The summed E-state index contributed by atoms with van der Waals surface area (Å²) in [4.78, 5) is 25.0. The van der Waals surface area contributed by atoms with E-state index in [4.69, 9.17) is 14.2 Å². The highest BCUT2D eigenvalue weighted by Crippen LogP contribution is 2.42. The molecule has 0 fully saturated rings. The molecule has 0 bridgehead atoms. The van der Waals surface area contributed by atoms with Crippen molar-refractivity contribution in [2.45, 2.75) is 0 Å². The molecule has 3 aromatic rings. The average molecular weight is 372 g/mol. The maximum Gasteiger partial charge on any atom is 0.339 e. The minimum atomic E-state index is -1.21. The number of hydrogen-bond donors (Lipinski definition) is 1. The summed E-state index contributed by atoms with van der Waals surface area (Å²) < 4.78 is 15.5. The van der Waals surface area contributed by atoms with Gasteiger partial charge in [-0.25, -0.2) is 9.59 Å². The van der Waals surface area contributed by atoms with Gasteiger partial charge >= 0.3 is 11.9 Å². The van der Waals surface area contributed by atoms with Crippen molar-refractivity contribution in [2.24, 2.45) is 0 Å². The molecule has 0 radical (unpaired) electrons. The van der Waals surface area contributed by atoms with Gasteiger partial charge in [0.25, 0.3) is 0 Å². The molecule has 1 aromatic heterocycles. The summed E-state index contributed by atoms with van der Waals surface area (Å²) in [7, 11) is 4.25. The minimum Gasteiger partial charge on any atom is -0.493 e. The summed E-state index contributed by atoms with van der Waals surface area (Å²) in [6.07, 6.45) is 0. The normalized spacial score (nSPS) is 10.6. The predicted molar refractivity (Wildman–Crippen MR) is 98.7 cm³/mol. The number of carbonyl (C=O) groups is 2. The third-order valence-electron chi connectivity index (χ3n) is 4.03. The molecule has 0 aliphatic rings. The Morgan fingerprint density at radius 1 is 1.04 bits per heavy atom. The van der Waals surface area contributed by atoms with Crippen LogP contribution in [0.3, 0.4) is 0 Å². The monoisotopic (exact) mass is 372 g/mol. The van der Waals surface area contributed by atoms with Crippen LogP contribution in [0.25, 0.3) is 21.2 Å². The lowest BCUT2D eigenvalue weighted by Crippen LogP contribution is -2.12. The first-order valence-electron chi connectivity index (χ1n) is 7.60. The first-order valence-corrected chi connectivity index (χ1v) is 8.48. The Hall–Kier alpha value is -3.06. The molecule has 6 nitrogen and oxygen atoms in total. The molecular formula is C19H16O6S. The largest absolute Gasteiger partial charge is 0.493 e. The van der Waals surface area contributed by atoms with Crippen LogP contribution < -0.4 is 9.47 Å². The number of thiophene rings is 1. The van der Waals surface area contributed by atoms with E-state index in [9.17, 15) is 14.7 Å². The lowest BCUT2D eigenvalue weighted by Gasteiger charge is -2.16. The van der Waals surface area contributed by atoms with Crippen molar-refractivity contribution in [3.8, 4) is 21.9 Å². The van der Waals surface area contributed by atoms with Crippen LogP contribution in [0.1, 0.15) is 20.7 Å². The SMILES string of the molecule is COC(=O)c1c(C(=O)O)cc2cc(OC)c(OC)cc2c1-c1cccs1. The predicted octanol–water partition coefficient (Wildman–Crippen LogP) is 4.07. The Kier molecular flexibility index (Phi) is 4.81. The second-order valence-electron chi connectivity index (χ2n) is 5.38. The van der Waals surface area contributed by atoms with Gasteiger partial charge in [-0.15, -0.1) is 11.3 Å². The number of carboxylic acid groups (broad SMARTS) is 1. The van der Waals surface area contributed by atoms with Crippen molar-refractivity contribution in [1.29, 1.82) is 0 Å². The topological polar surface area (TPSA) is 82.1 Å². The Labute approximate surface area is 153 Å².